The Labute approximate surface area is 180 Å². The van der Waals surface area contributed by atoms with E-state index in [1.54, 1.807) is 35.4 Å². The molecule has 3 atom stereocenters. The van der Waals surface area contributed by atoms with Gasteiger partial charge in [0.25, 0.3) is 5.91 Å². The maximum Gasteiger partial charge on any atom is 0.266 e. The zero-order valence-electron chi connectivity index (χ0n) is 17.2. The second-order valence-corrected chi connectivity index (χ2v) is 8.02. The summed E-state index contributed by atoms with van der Waals surface area (Å²) in [4.78, 5) is 34.3. The van der Waals surface area contributed by atoms with Crippen LogP contribution in [-0.2, 0) is 14.4 Å². The number of phenolic OH excluding ortho intramolecular Hbond substituents is 1. The lowest BCUT2D eigenvalue weighted by molar-refractivity contribution is -0.126. The Hall–Kier alpha value is -3.64. The van der Waals surface area contributed by atoms with Gasteiger partial charge in [-0.2, -0.15) is 0 Å². The molecule has 2 saturated heterocycles. The summed E-state index contributed by atoms with van der Waals surface area (Å²) in [6.45, 7) is 3.85. The predicted molar refractivity (Wildman–Crippen MR) is 117 cm³/mol. The molecule has 0 saturated carbocycles. The fourth-order valence-electron chi connectivity index (χ4n) is 4.56. The van der Waals surface area contributed by atoms with Gasteiger partial charge in [0.05, 0.1) is 17.4 Å². The number of fused-ring (bicyclic) bond motifs is 1. The molecule has 2 aliphatic rings. The van der Waals surface area contributed by atoms with Crippen LogP contribution in [0.25, 0.3) is 0 Å². The number of phenols is 1. The van der Waals surface area contributed by atoms with E-state index < -0.39 is 18.1 Å². The number of hydrogen-bond acceptors (Lipinski definition) is 5. The summed E-state index contributed by atoms with van der Waals surface area (Å²) in [5.74, 6) is -1.43. The van der Waals surface area contributed by atoms with Gasteiger partial charge >= 0.3 is 0 Å². The smallest absolute Gasteiger partial charge is 0.266 e. The first kappa shape index (κ1) is 19.3. The normalized spacial score (nSPS) is 22.8. The highest BCUT2D eigenvalue weighted by atomic mass is 16.7. The van der Waals surface area contributed by atoms with Crippen molar-refractivity contribution in [2.75, 3.05) is 9.96 Å². The quantitative estimate of drug-likeness (QED) is 0.655. The molecule has 2 heterocycles. The molecule has 6 heteroatoms. The second-order valence-electron chi connectivity index (χ2n) is 8.02. The monoisotopic (exact) mass is 414 g/mol. The number of aromatic hydroxyl groups is 1. The van der Waals surface area contributed by atoms with Crippen LogP contribution in [0.5, 0.6) is 5.75 Å². The van der Waals surface area contributed by atoms with Crippen molar-refractivity contribution in [2.24, 2.45) is 5.92 Å². The van der Waals surface area contributed by atoms with Crippen molar-refractivity contribution in [3.05, 3.63) is 89.5 Å². The minimum Gasteiger partial charge on any atom is -0.508 e. The lowest BCUT2D eigenvalue weighted by atomic mass is 9.90. The molecule has 31 heavy (non-hydrogen) atoms. The zero-order chi connectivity index (χ0) is 21.7. The van der Waals surface area contributed by atoms with Crippen LogP contribution in [0.4, 0.5) is 11.4 Å². The number of nitrogens with zero attached hydrogens (tertiary/aromatic N) is 2. The molecule has 156 valence electrons. The third-order valence-electron chi connectivity index (χ3n) is 5.97. The summed E-state index contributed by atoms with van der Waals surface area (Å²) in [5.41, 5.74) is 3.73. The molecule has 0 unspecified atom stereocenters. The number of para-hydroxylation sites is 2. The summed E-state index contributed by atoms with van der Waals surface area (Å²) < 4.78 is 0. The van der Waals surface area contributed by atoms with Crippen LogP contribution in [0.2, 0.25) is 0 Å². The fraction of sp³-hybridized carbons (Fsp3) is 0.200. The second kappa shape index (κ2) is 7.25. The van der Waals surface area contributed by atoms with Crippen LogP contribution < -0.4 is 9.96 Å². The summed E-state index contributed by atoms with van der Waals surface area (Å²) in [6, 6.07) is 21.2. The van der Waals surface area contributed by atoms with Gasteiger partial charge in [-0.1, -0.05) is 54.1 Å². The number of benzene rings is 3. The molecule has 2 amide bonds. The molecule has 3 aromatic rings. The summed E-state index contributed by atoms with van der Waals surface area (Å²) >= 11 is 0. The van der Waals surface area contributed by atoms with Gasteiger partial charge in [-0.15, -0.1) is 0 Å². The summed E-state index contributed by atoms with van der Waals surface area (Å²) in [7, 11) is 0. The number of rotatable bonds is 3. The lowest BCUT2D eigenvalue weighted by Crippen LogP contribution is -2.37. The van der Waals surface area contributed by atoms with Crippen molar-refractivity contribution < 1.29 is 19.5 Å². The average molecular weight is 414 g/mol. The Bertz CT molecular complexity index is 1180. The van der Waals surface area contributed by atoms with E-state index in [9.17, 15) is 14.7 Å². The number of anilines is 2. The molecule has 2 aliphatic heterocycles. The van der Waals surface area contributed by atoms with Gasteiger partial charge in [-0.25, -0.2) is 9.96 Å². The lowest BCUT2D eigenvalue weighted by Gasteiger charge is -2.29. The van der Waals surface area contributed by atoms with Gasteiger partial charge in [-0.3, -0.25) is 14.4 Å². The Morgan fingerprint density at radius 2 is 1.58 bits per heavy atom. The van der Waals surface area contributed by atoms with Gasteiger partial charge in [0.15, 0.2) is 6.10 Å². The van der Waals surface area contributed by atoms with E-state index in [-0.39, 0.29) is 17.6 Å². The fourth-order valence-corrected chi connectivity index (χ4v) is 4.56. The third kappa shape index (κ3) is 2.99. The van der Waals surface area contributed by atoms with Gasteiger partial charge < -0.3 is 5.11 Å². The Morgan fingerprint density at radius 1 is 0.871 bits per heavy atom. The number of amides is 2. The molecule has 0 aliphatic carbocycles. The third-order valence-corrected chi connectivity index (χ3v) is 5.97. The molecule has 5 rings (SSSR count). The number of hydroxylamine groups is 1. The Morgan fingerprint density at radius 3 is 2.29 bits per heavy atom. The number of carbonyl (C=O) groups excluding carboxylic acids is 2. The van der Waals surface area contributed by atoms with Crippen LogP contribution >= 0.6 is 0 Å². The zero-order valence-corrected chi connectivity index (χ0v) is 17.2. The van der Waals surface area contributed by atoms with Crippen LogP contribution in [-0.4, -0.2) is 23.0 Å². The standard InChI is InChI=1S/C25H22N2O4/c1-15-12-13-19(16(2)14-15)26-24(29)21-22(18-10-6-7-11-20(18)28)27(31-23(21)25(26)30)17-8-4-3-5-9-17/h3-14,21-23,28H,1-2H3/t21-,22+,23+/m0/s1. The highest BCUT2D eigenvalue weighted by Crippen LogP contribution is 2.49. The first-order chi connectivity index (χ1) is 15.0. The SMILES string of the molecule is Cc1ccc(N2C(=O)[C@H]3[C@@H](c4ccccc4O)N(c4ccccc4)O[C@H]3C2=O)c(C)c1. The van der Waals surface area contributed by atoms with Gasteiger partial charge in [0, 0.05) is 5.56 Å². The molecule has 0 spiro atoms. The van der Waals surface area contributed by atoms with E-state index in [0.717, 1.165) is 11.1 Å². The van der Waals surface area contributed by atoms with Crippen LogP contribution in [0.15, 0.2) is 72.8 Å². The van der Waals surface area contributed by atoms with Crippen LogP contribution in [0.3, 0.4) is 0 Å². The maximum absolute atomic E-state index is 13.6. The van der Waals surface area contributed by atoms with Crippen LogP contribution in [0, 0.1) is 19.8 Å². The maximum atomic E-state index is 13.6. The molecular weight excluding hydrogens is 392 g/mol. The van der Waals surface area contributed by atoms with Crippen LogP contribution in [0.1, 0.15) is 22.7 Å². The van der Waals surface area contributed by atoms with E-state index in [0.29, 0.717) is 16.9 Å². The van der Waals surface area contributed by atoms with Gasteiger partial charge in [-0.05, 0) is 43.7 Å². The summed E-state index contributed by atoms with van der Waals surface area (Å²) in [6.07, 6.45) is -0.960. The highest BCUT2D eigenvalue weighted by molar-refractivity contribution is 6.24. The molecule has 6 nitrogen and oxygen atoms in total. The largest absolute Gasteiger partial charge is 0.508 e. The first-order valence-electron chi connectivity index (χ1n) is 10.2. The average Bonchev–Trinajstić information content (AvgIpc) is 3.26. The van der Waals surface area contributed by atoms with E-state index in [4.69, 9.17) is 4.84 Å². The van der Waals surface area contributed by atoms with Crippen molar-refractivity contribution in [1.82, 2.24) is 0 Å². The van der Waals surface area contributed by atoms with Gasteiger partial charge in [0.1, 0.15) is 11.7 Å². The van der Waals surface area contributed by atoms with E-state index in [1.807, 2.05) is 56.3 Å². The minimum absolute atomic E-state index is 0.0582. The molecular formula is C25H22N2O4. The van der Waals surface area contributed by atoms with E-state index in [1.165, 1.54) is 4.90 Å². The number of imide groups is 1. The number of aryl methyl sites for hydroxylation is 2. The molecule has 0 aromatic heterocycles. The molecule has 0 bridgehead atoms. The Balaban J connectivity index is 1.61. The van der Waals surface area contributed by atoms with Crippen molar-refractivity contribution in [1.29, 1.82) is 0 Å². The molecule has 1 N–H and O–H groups in total. The van der Waals surface area contributed by atoms with Crippen molar-refractivity contribution >= 4 is 23.2 Å². The first-order valence-corrected chi connectivity index (χ1v) is 10.2. The topological polar surface area (TPSA) is 70.1 Å². The van der Waals surface area contributed by atoms with Gasteiger partial charge in [0.2, 0.25) is 5.91 Å². The predicted octanol–water partition coefficient (Wildman–Crippen LogP) is 4.06. The Kier molecular flexibility index (Phi) is 4.52. The highest BCUT2D eigenvalue weighted by Gasteiger charge is 2.60. The van der Waals surface area contributed by atoms with E-state index in [2.05, 4.69) is 0 Å². The number of hydrogen-bond donors (Lipinski definition) is 1. The minimum atomic E-state index is -0.960. The van der Waals surface area contributed by atoms with Crippen molar-refractivity contribution in [3.8, 4) is 5.75 Å². The number of carbonyl (C=O) groups is 2. The molecule has 2 fully saturated rings. The van der Waals surface area contributed by atoms with E-state index >= 15 is 0 Å². The summed E-state index contributed by atoms with van der Waals surface area (Å²) in [5, 5.41) is 12.2. The van der Waals surface area contributed by atoms with Crippen molar-refractivity contribution in [2.45, 2.75) is 26.0 Å². The molecule has 0 radical (unpaired) electrons. The van der Waals surface area contributed by atoms with Crippen molar-refractivity contribution in [3.63, 3.8) is 0 Å². The molecule has 3 aromatic carbocycles.